The SMILES string of the molecule is COCCNC(=O)C1CCN(S(=O)(=O)Cc2cccc(Cl)c2)CC1. The summed E-state index contributed by atoms with van der Waals surface area (Å²) in [6, 6.07) is 6.86. The highest BCUT2D eigenvalue weighted by Crippen LogP contribution is 2.22. The first-order valence-corrected chi connectivity index (χ1v) is 9.90. The molecule has 0 radical (unpaired) electrons. The molecule has 24 heavy (non-hydrogen) atoms. The maximum Gasteiger partial charge on any atom is 0.223 e. The van der Waals surface area contributed by atoms with Crippen LogP contribution < -0.4 is 5.32 Å². The van der Waals surface area contributed by atoms with Crippen LogP contribution in [0.5, 0.6) is 0 Å². The summed E-state index contributed by atoms with van der Waals surface area (Å²) < 4.78 is 31.4. The van der Waals surface area contributed by atoms with Crippen LogP contribution in [0, 0.1) is 5.92 Å². The number of methoxy groups -OCH3 is 1. The zero-order valence-corrected chi connectivity index (χ0v) is 15.3. The highest BCUT2D eigenvalue weighted by atomic mass is 35.5. The summed E-state index contributed by atoms with van der Waals surface area (Å²) in [5, 5.41) is 3.33. The maximum atomic E-state index is 12.5. The lowest BCUT2D eigenvalue weighted by Gasteiger charge is -2.30. The second kappa shape index (κ2) is 8.80. The molecule has 1 aliphatic heterocycles. The van der Waals surface area contributed by atoms with Crippen LogP contribution in [0.1, 0.15) is 18.4 Å². The summed E-state index contributed by atoms with van der Waals surface area (Å²) in [4.78, 5) is 12.0. The molecule has 0 aromatic heterocycles. The second-order valence-corrected chi connectivity index (χ2v) is 8.25. The van der Waals surface area contributed by atoms with Gasteiger partial charge in [-0.05, 0) is 30.5 Å². The third-order valence-electron chi connectivity index (χ3n) is 4.06. The summed E-state index contributed by atoms with van der Waals surface area (Å²) in [5.41, 5.74) is 0.668. The Bertz CT molecular complexity index is 658. The number of sulfonamides is 1. The highest BCUT2D eigenvalue weighted by molar-refractivity contribution is 7.88. The van der Waals surface area contributed by atoms with Crippen molar-refractivity contribution in [3.8, 4) is 0 Å². The minimum atomic E-state index is -3.40. The van der Waals surface area contributed by atoms with Crippen molar-refractivity contribution in [2.75, 3.05) is 33.4 Å². The summed E-state index contributed by atoms with van der Waals surface area (Å²) in [6.07, 6.45) is 1.07. The fourth-order valence-corrected chi connectivity index (χ4v) is 4.51. The normalized spacial score (nSPS) is 16.9. The third kappa shape index (κ3) is 5.44. The van der Waals surface area contributed by atoms with Gasteiger partial charge in [0.2, 0.25) is 15.9 Å². The molecular weight excluding hydrogens is 352 g/mol. The smallest absolute Gasteiger partial charge is 0.223 e. The molecule has 1 aliphatic rings. The lowest BCUT2D eigenvalue weighted by atomic mass is 9.97. The van der Waals surface area contributed by atoms with Gasteiger partial charge < -0.3 is 10.1 Å². The minimum absolute atomic E-state index is 0.0288. The van der Waals surface area contributed by atoms with Gasteiger partial charge in [-0.15, -0.1) is 0 Å². The van der Waals surface area contributed by atoms with Crippen molar-refractivity contribution >= 4 is 27.5 Å². The largest absolute Gasteiger partial charge is 0.383 e. The Balaban J connectivity index is 1.87. The number of benzene rings is 1. The Morgan fingerprint density at radius 2 is 2.08 bits per heavy atom. The molecular formula is C16H23ClN2O4S. The Kier molecular flexibility index (Phi) is 7.03. The molecule has 1 saturated heterocycles. The lowest BCUT2D eigenvalue weighted by molar-refractivity contribution is -0.126. The van der Waals surface area contributed by atoms with Crippen molar-refractivity contribution in [2.45, 2.75) is 18.6 Å². The summed E-state index contributed by atoms with van der Waals surface area (Å²) >= 11 is 5.90. The fraction of sp³-hybridized carbons (Fsp3) is 0.562. The molecule has 1 aromatic rings. The fourth-order valence-electron chi connectivity index (χ4n) is 2.75. The molecule has 6 nitrogen and oxygen atoms in total. The van der Waals surface area contributed by atoms with Gasteiger partial charge in [-0.3, -0.25) is 4.79 Å². The number of rotatable bonds is 7. The van der Waals surface area contributed by atoms with Gasteiger partial charge in [-0.2, -0.15) is 0 Å². The highest BCUT2D eigenvalue weighted by Gasteiger charge is 2.31. The van der Waals surface area contributed by atoms with Crippen LogP contribution in [0.15, 0.2) is 24.3 Å². The third-order valence-corrected chi connectivity index (χ3v) is 6.15. The number of carbonyl (C=O) groups excluding carboxylic acids is 1. The van der Waals surface area contributed by atoms with E-state index in [4.69, 9.17) is 16.3 Å². The lowest BCUT2D eigenvalue weighted by Crippen LogP contribution is -2.43. The van der Waals surface area contributed by atoms with Gasteiger partial charge in [0, 0.05) is 37.7 Å². The van der Waals surface area contributed by atoms with Crippen LogP contribution in [-0.2, 0) is 25.3 Å². The topological polar surface area (TPSA) is 75.7 Å². The molecule has 0 unspecified atom stereocenters. The molecule has 1 fully saturated rings. The average Bonchev–Trinajstić information content (AvgIpc) is 2.55. The predicted octanol–water partition coefficient (Wildman–Crippen LogP) is 1.64. The van der Waals surface area contributed by atoms with E-state index in [9.17, 15) is 13.2 Å². The van der Waals surface area contributed by atoms with Crippen LogP contribution in [0.2, 0.25) is 5.02 Å². The van der Waals surface area contributed by atoms with Gasteiger partial charge >= 0.3 is 0 Å². The average molecular weight is 375 g/mol. The number of nitrogens with one attached hydrogen (secondary N) is 1. The number of piperidine rings is 1. The van der Waals surface area contributed by atoms with E-state index in [-0.39, 0.29) is 17.6 Å². The van der Waals surface area contributed by atoms with Crippen molar-refractivity contribution in [1.82, 2.24) is 9.62 Å². The van der Waals surface area contributed by atoms with Gasteiger partial charge in [-0.25, -0.2) is 12.7 Å². The van der Waals surface area contributed by atoms with Crippen molar-refractivity contribution in [3.63, 3.8) is 0 Å². The van der Waals surface area contributed by atoms with Crippen LogP contribution >= 0.6 is 11.6 Å². The maximum absolute atomic E-state index is 12.5. The molecule has 0 spiro atoms. The zero-order valence-electron chi connectivity index (χ0n) is 13.7. The molecule has 1 N–H and O–H groups in total. The quantitative estimate of drug-likeness (QED) is 0.736. The molecule has 1 heterocycles. The van der Waals surface area contributed by atoms with E-state index < -0.39 is 10.0 Å². The second-order valence-electron chi connectivity index (χ2n) is 5.84. The van der Waals surface area contributed by atoms with E-state index >= 15 is 0 Å². The number of hydrogen-bond acceptors (Lipinski definition) is 4. The van der Waals surface area contributed by atoms with Crippen LogP contribution in [0.25, 0.3) is 0 Å². The molecule has 134 valence electrons. The Morgan fingerprint density at radius 3 is 2.71 bits per heavy atom. The molecule has 1 aromatic carbocycles. The van der Waals surface area contributed by atoms with Crippen molar-refractivity contribution < 1.29 is 17.9 Å². The number of hydrogen-bond donors (Lipinski definition) is 1. The van der Waals surface area contributed by atoms with Gasteiger partial charge in [0.15, 0.2) is 0 Å². The summed E-state index contributed by atoms with van der Waals surface area (Å²) in [6.45, 7) is 1.68. The van der Waals surface area contributed by atoms with Crippen molar-refractivity contribution in [2.24, 2.45) is 5.92 Å². The van der Waals surface area contributed by atoms with Gasteiger partial charge in [0.25, 0.3) is 0 Å². The van der Waals surface area contributed by atoms with E-state index in [0.29, 0.717) is 49.7 Å². The minimum Gasteiger partial charge on any atom is -0.383 e. The van der Waals surface area contributed by atoms with E-state index in [0.717, 1.165) is 0 Å². The zero-order chi connectivity index (χ0) is 17.6. The molecule has 8 heteroatoms. The van der Waals surface area contributed by atoms with Crippen LogP contribution in [0.3, 0.4) is 0 Å². The molecule has 0 bridgehead atoms. The molecule has 0 aliphatic carbocycles. The van der Waals surface area contributed by atoms with Crippen molar-refractivity contribution in [1.29, 1.82) is 0 Å². The number of halogens is 1. The molecule has 0 saturated carbocycles. The van der Waals surface area contributed by atoms with E-state index in [1.807, 2.05) is 0 Å². The number of nitrogens with zero attached hydrogens (tertiary/aromatic N) is 1. The monoisotopic (exact) mass is 374 g/mol. The first-order valence-electron chi connectivity index (χ1n) is 7.91. The van der Waals surface area contributed by atoms with E-state index in [1.165, 1.54) is 4.31 Å². The predicted molar refractivity (Wildman–Crippen MR) is 93.3 cm³/mol. The molecule has 1 amide bonds. The number of amides is 1. The molecule has 0 atom stereocenters. The van der Waals surface area contributed by atoms with E-state index in [2.05, 4.69) is 5.32 Å². The summed E-state index contributed by atoms with van der Waals surface area (Å²) in [7, 11) is -1.82. The van der Waals surface area contributed by atoms with Gasteiger partial charge in [-0.1, -0.05) is 23.7 Å². The van der Waals surface area contributed by atoms with Crippen molar-refractivity contribution in [3.05, 3.63) is 34.9 Å². The Hall–Kier alpha value is -1.15. The molecule has 2 rings (SSSR count). The summed E-state index contributed by atoms with van der Waals surface area (Å²) in [5.74, 6) is -0.239. The van der Waals surface area contributed by atoms with Gasteiger partial charge in [0.05, 0.1) is 12.4 Å². The van der Waals surface area contributed by atoms with Crippen LogP contribution in [-0.4, -0.2) is 52.0 Å². The van der Waals surface area contributed by atoms with E-state index in [1.54, 1.807) is 31.4 Å². The first-order chi connectivity index (χ1) is 11.4. The Labute approximate surface area is 148 Å². The number of ether oxygens (including phenoxy) is 1. The number of carbonyl (C=O) groups is 1. The Morgan fingerprint density at radius 1 is 1.38 bits per heavy atom. The standard InChI is InChI=1S/C16H23ClN2O4S/c1-23-10-7-18-16(20)14-5-8-19(9-6-14)24(21,22)12-13-3-2-4-15(17)11-13/h2-4,11,14H,5-10,12H2,1H3,(H,18,20). The van der Waals surface area contributed by atoms with Crippen LogP contribution in [0.4, 0.5) is 0 Å². The first kappa shape index (κ1) is 19.2. The van der Waals surface area contributed by atoms with Gasteiger partial charge in [0.1, 0.15) is 0 Å².